The number of nitrogens with one attached hydrogen (secondary N) is 1. The van der Waals surface area contributed by atoms with E-state index in [0.29, 0.717) is 38.9 Å². The first-order valence-electron chi connectivity index (χ1n) is 11.9. The number of hydrogen-bond donors (Lipinski definition) is 1. The molecule has 180 valence electrons. The highest BCUT2D eigenvalue weighted by Crippen LogP contribution is 2.60. The third-order valence-electron chi connectivity index (χ3n) is 7.49. The SMILES string of the molecule is CCOC(=O)c1c(-c2ccccc2Cl)csc1NC(=O)COC(=O)C12CC3CC(CC(C3)C1)C2. The molecule has 4 aliphatic carbocycles. The van der Waals surface area contributed by atoms with E-state index < -0.39 is 17.3 Å². The molecule has 2 aromatic rings. The van der Waals surface area contributed by atoms with E-state index in [-0.39, 0.29) is 24.7 Å². The normalized spacial score (nSPS) is 26.8. The fraction of sp³-hybridized carbons (Fsp3) is 0.500. The number of thiophene rings is 1. The van der Waals surface area contributed by atoms with Gasteiger partial charge in [-0.2, -0.15) is 0 Å². The minimum Gasteiger partial charge on any atom is -0.462 e. The Morgan fingerprint density at radius 2 is 1.68 bits per heavy atom. The molecule has 8 heteroatoms. The van der Waals surface area contributed by atoms with Gasteiger partial charge in [-0.3, -0.25) is 9.59 Å². The van der Waals surface area contributed by atoms with Gasteiger partial charge in [-0.15, -0.1) is 11.3 Å². The van der Waals surface area contributed by atoms with Crippen LogP contribution in [0.5, 0.6) is 0 Å². The first-order chi connectivity index (χ1) is 16.4. The molecule has 4 aliphatic rings. The van der Waals surface area contributed by atoms with Gasteiger partial charge in [0, 0.05) is 21.5 Å². The number of hydrogen-bond acceptors (Lipinski definition) is 6. The Bertz CT molecular complexity index is 1090. The average molecular weight is 502 g/mol. The minimum atomic E-state index is -0.542. The Kier molecular flexibility index (Phi) is 6.42. The molecular formula is C26H28ClNO5S. The van der Waals surface area contributed by atoms with Crippen molar-refractivity contribution >= 4 is 45.8 Å². The van der Waals surface area contributed by atoms with Crippen molar-refractivity contribution in [2.45, 2.75) is 45.4 Å². The number of ether oxygens (including phenoxy) is 2. The van der Waals surface area contributed by atoms with Gasteiger partial charge < -0.3 is 14.8 Å². The van der Waals surface area contributed by atoms with E-state index in [9.17, 15) is 14.4 Å². The summed E-state index contributed by atoms with van der Waals surface area (Å²) in [5.74, 6) is 0.600. The fourth-order valence-corrected chi connectivity index (χ4v) is 7.74. The van der Waals surface area contributed by atoms with Gasteiger partial charge in [-0.05, 0) is 69.3 Å². The number of carbonyl (C=O) groups is 3. The highest BCUT2D eigenvalue weighted by molar-refractivity contribution is 7.15. The molecule has 0 saturated heterocycles. The van der Waals surface area contributed by atoms with Crippen molar-refractivity contribution in [1.82, 2.24) is 0 Å². The predicted molar refractivity (Wildman–Crippen MR) is 131 cm³/mol. The van der Waals surface area contributed by atoms with Crippen molar-refractivity contribution in [2.75, 3.05) is 18.5 Å². The Labute approximate surface area is 208 Å². The Morgan fingerprint density at radius 3 is 2.29 bits per heavy atom. The number of carbonyl (C=O) groups excluding carboxylic acids is 3. The topological polar surface area (TPSA) is 81.7 Å². The highest BCUT2D eigenvalue weighted by atomic mass is 35.5. The van der Waals surface area contributed by atoms with Crippen LogP contribution < -0.4 is 5.32 Å². The smallest absolute Gasteiger partial charge is 0.341 e. The summed E-state index contributed by atoms with van der Waals surface area (Å²) in [5, 5.41) is 5.36. The lowest BCUT2D eigenvalue weighted by Crippen LogP contribution is -2.50. The summed E-state index contributed by atoms with van der Waals surface area (Å²) in [6.45, 7) is 1.55. The molecule has 6 rings (SSSR count). The van der Waals surface area contributed by atoms with E-state index in [0.717, 1.165) is 19.3 Å². The first-order valence-corrected chi connectivity index (χ1v) is 13.1. The van der Waals surface area contributed by atoms with Gasteiger partial charge in [-0.1, -0.05) is 29.8 Å². The van der Waals surface area contributed by atoms with Crippen LogP contribution in [0.2, 0.25) is 5.02 Å². The quantitative estimate of drug-likeness (QED) is 0.474. The van der Waals surface area contributed by atoms with Crippen LogP contribution in [-0.2, 0) is 19.1 Å². The average Bonchev–Trinajstić information content (AvgIpc) is 3.20. The van der Waals surface area contributed by atoms with Crippen LogP contribution >= 0.6 is 22.9 Å². The van der Waals surface area contributed by atoms with E-state index in [1.807, 2.05) is 18.2 Å². The molecule has 4 fully saturated rings. The van der Waals surface area contributed by atoms with Gasteiger partial charge in [0.15, 0.2) is 6.61 Å². The zero-order chi connectivity index (χ0) is 23.9. The summed E-state index contributed by atoms with van der Waals surface area (Å²) in [6, 6.07) is 7.19. The lowest BCUT2D eigenvalue weighted by atomic mass is 9.49. The zero-order valence-corrected chi connectivity index (χ0v) is 20.7. The third-order valence-corrected chi connectivity index (χ3v) is 8.72. The van der Waals surface area contributed by atoms with E-state index in [4.69, 9.17) is 21.1 Å². The lowest BCUT2D eigenvalue weighted by molar-refractivity contribution is -0.172. The second-order valence-electron chi connectivity index (χ2n) is 9.88. The summed E-state index contributed by atoms with van der Waals surface area (Å²) in [6.07, 6.45) is 6.36. The van der Waals surface area contributed by atoms with Crippen molar-refractivity contribution < 1.29 is 23.9 Å². The van der Waals surface area contributed by atoms with Gasteiger partial charge >= 0.3 is 11.9 Å². The van der Waals surface area contributed by atoms with E-state index in [1.165, 1.54) is 30.6 Å². The van der Waals surface area contributed by atoms with Crippen molar-refractivity contribution in [3.8, 4) is 11.1 Å². The van der Waals surface area contributed by atoms with E-state index in [1.54, 1.807) is 18.4 Å². The summed E-state index contributed by atoms with van der Waals surface area (Å²) in [7, 11) is 0. The number of esters is 2. The Hall–Kier alpha value is -2.38. The molecule has 0 spiro atoms. The zero-order valence-electron chi connectivity index (χ0n) is 19.1. The Morgan fingerprint density at radius 1 is 1.03 bits per heavy atom. The van der Waals surface area contributed by atoms with Gasteiger partial charge in [0.25, 0.3) is 5.91 Å². The Balaban J connectivity index is 1.29. The molecule has 6 nitrogen and oxygen atoms in total. The van der Waals surface area contributed by atoms with Crippen molar-refractivity contribution in [2.24, 2.45) is 23.2 Å². The van der Waals surface area contributed by atoms with Crippen LogP contribution in [-0.4, -0.2) is 31.1 Å². The molecule has 4 bridgehead atoms. The van der Waals surface area contributed by atoms with Crippen molar-refractivity contribution in [3.05, 3.63) is 40.2 Å². The number of benzene rings is 1. The first kappa shape index (κ1) is 23.4. The molecule has 1 N–H and O–H groups in total. The van der Waals surface area contributed by atoms with Crippen LogP contribution in [0.25, 0.3) is 11.1 Å². The van der Waals surface area contributed by atoms with Gasteiger partial charge in [0.1, 0.15) is 10.6 Å². The van der Waals surface area contributed by atoms with Crippen molar-refractivity contribution in [3.63, 3.8) is 0 Å². The van der Waals surface area contributed by atoms with Crippen molar-refractivity contribution in [1.29, 1.82) is 0 Å². The maximum Gasteiger partial charge on any atom is 0.341 e. The number of halogens is 1. The van der Waals surface area contributed by atoms with Crippen LogP contribution in [0, 0.1) is 23.2 Å². The van der Waals surface area contributed by atoms with Crippen LogP contribution in [0.3, 0.4) is 0 Å². The molecule has 0 atom stereocenters. The number of anilines is 1. The third kappa shape index (κ3) is 4.36. The van der Waals surface area contributed by atoms with Gasteiger partial charge in [-0.25, -0.2) is 4.79 Å². The molecular weight excluding hydrogens is 474 g/mol. The van der Waals surface area contributed by atoms with Crippen LogP contribution in [0.1, 0.15) is 55.8 Å². The summed E-state index contributed by atoms with van der Waals surface area (Å²) in [5.41, 5.74) is 1.11. The molecule has 0 radical (unpaired) electrons. The molecule has 1 aromatic heterocycles. The molecule has 0 aliphatic heterocycles. The second kappa shape index (κ2) is 9.34. The lowest BCUT2D eigenvalue weighted by Gasteiger charge is -2.55. The fourth-order valence-electron chi connectivity index (χ4n) is 6.54. The number of amides is 1. The van der Waals surface area contributed by atoms with Crippen LogP contribution in [0.15, 0.2) is 29.6 Å². The maximum atomic E-state index is 13.1. The van der Waals surface area contributed by atoms with E-state index in [2.05, 4.69) is 5.32 Å². The molecule has 34 heavy (non-hydrogen) atoms. The summed E-state index contributed by atoms with van der Waals surface area (Å²) in [4.78, 5) is 38.5. The van der Waals surface area contributed by atoms with E-state index >= 15 is 0 Å². The molecule has 4 saturated carbocycles. The maximum absolute atomic E-state index is 13.1. The molecule has 0 unspecified atom stereocenters. The summed E-state index contributed by atoms with van der Waals surface area (Å²) < 4.78 is 10.8. The predicted octanol–water partition coefficient (Wildman–Crippen LogP) is 5.94. The molecule has 1 heterocycles. The molecule has 1 aromatic carbocycles. The minimum absolute atomic E-state index is 0.201. The second-order valence-corrected chi connectivity index (χ2v) is 11.2. The summed E-state index contributed by atoms with van der Waals surface area (Å²) >= 11 is 7.56. The standard InChI is InChI=1S/C26H28ClNO5S/c1-2-32-24(30)22-19(18-5-3-4-6-20(18)27)14-34-23(22)28-21(29)13-33-25(31)26-10-15-7-16(11-26)9-17(8-15)12-26/h3-6,14-17H,2,7-13H2,1H3,(H,28,29). The molecule has 1 amide bonds. The largest absolute Gasteiger partial charge is 0.462 e. The van der Waals surface area contributed by atoms with Crippen LogP contribution in [0.4, 0.5) is 5.00 Å². The van der Waals surface area contributed by atoms with Gasteiger partial charge in [0.05, 0.1) is 12.0 Å². The number of rotatable bonds is 7. The monoisotopic (exact) mass is 501 g/mol. The highest BCUT2D eigenvalue weighted by Gasteiger charge is 2.55. The van der Waals surface area contributed by atoms with Gasteiger partial charge in [0.2, 0.25) is 0 Å².